The number of amides is 1. The van der Waals surface area contributed by atoms with E-state index in [-0.39, 0.29) is 11.8 Å². The molecule has 2 heterocycles. The Bertz CT molecular complexity index is 846. The van der Waals surface area contributed by atoms with Crippen molar-refractivity contribution in [2.75, 3.05) is 13.1 Å². The Labute approximate surface area is 165 Å². The summed E-state index contributed by atoms with van der Waals surface area (Å²) in [6.07, 6.45) is 2.97. The third-order valence-electron chi connectivity index (χ3n) is 4.96. The van der Waals surface area contributed by atoms with Crippen LogP contribution >= 0.6 is 11.3 Å². The summed E-state index contributed by atoms with van der Waals surface area (Å²) in [6, 6.07) is 11.0. The normalized spacial score (nSPS) is 18.3. The molecule has 7 heteroatoms. The Balaban J connectivity index is 1.51. The third-order valence-corrected chi connectivity index (χ3v) is 7.72. The van der Waals surface area contributed by atoms with E-state index in [4.69, 9.17) is 0 Å². The van der Waals surface area contributed by atoms with Gasteiger partial charge in [-0.3, -0.25) is 4.79 Å². The van der Waals surface area contributed by atoms with Gasteiger partial charge in [0.25, 0.3) is 0 Å². The lowest BCUT2D eigenvalue weighted by atomic mass is 9.94. The zero-order valence-corrected chi connectivity index (χ0v) is 17.2. The van der Waals surface area contributed by atoms with Gasteiger partial charge in [0.05, 0.1) is 11.4 Å². The number of nitrogens with zero attached hydrogens (tertiary/aromatic N) is 1. The van der Waals surface area contributed by atoms with Crippen LogP contribution in [0.4, 0.5) is 0 Å². The van der Waals surface area contributed by atoms with Crippen LogP contribution in [0, 0.1) is 12.8 Å². The molecule has 1 N–H and O–H groups in total. The number of rotatable bonds is 7. The molecule has 0 bridgehead atoms. The summed E-state index contributed by atoms with van der Waals surface area (Å²) in [5, 5.41) is 4.93. The van der Waals surface area contributed by atoms with Crippen molar-refractivity contribution in [2.45, 2.75) is 44.0 Å². The SMILES string of the molecule is Cc1ccc(S(=O)(=O)N2CCCC(CCC(=O)NCc3cccs3)C2)cc1. The molecular weight excluding hydrogens is 380 g/mol. The molecule has 0 radical (unpaired) electrons. The summed E-state index contributed by atoms with van der Waals surface area (Å²) >= 11 is 1.62. The van der Waals surface area contributed by atoms with Gasteiger partial charge in [0, 0.05) is 24.4 Å². The van der Waals surface area contributed by atoms with Crippen LogP contribution < -0.4 is 5.32 Å². The van der Waals surface area contributed by atoms with Gasteiger partial charge in [0.2, 0.25) is 15.9 Å². The number of carbonyl (C=O) groups excluding carboxylic acids is 1. The van der Waals surface area contributed by atoms with Crippen LogP contribution in [0.25, 0.3) is 0 Å². The molecule has 1 aromatic heterocycles. The molecule has 0 aliphatic carbocycles. The maximum atomic E-state index is 12.9. The van der Waals surface area contributed by atoms with Gasteiger partial charge < -0.3 is 5.32 Å². The molecule has 1 saturated heterocycles. The van der Waals surface area contributed by atoms with Crippen LogP contribution in [0.5, 0.6) is 0 Å². The Kier molecular flexibility index (Phi) is 6.68. The lowest BCUT2D eigenvalue weighted by Gasteiger charge is -2.32. The third kappa shape index (κ3) is 5.40. The minimum absolute atomic E-state index is 0.0296. The number of aryl methyl sites for hydroxylation is 1. The van der Waals surface area contributed by atoms with Gasteiger partial charge in [-0.1, -0.05) is 23.8 Å². The molecule has 3 rings (SSSR count). The number of thiophene rings is 1. The average Bonchev–Trinajstić information content (AvgIpc) is 3.19. The quantitative estimate of drug-likeness (QED) is 0.765. The van der Waals surface area contributed by atoms with Crippen molar-refractivity contribution in [3.8, 4) is 0 Å². The van der Waals surface area contributed by atoms with Crippen molar-refractivity contribution in [1.82, 2.24) is 9.62 Å². The molecule has 2 aromatic rings. The van der Waals surface area contributed by atoms with Crippen LogP contribution in [0.3, 0.4) is 0 Å². The van der Waals surface area contributed by atoms with Crippen molar-refractivity contribution in [1.29, 1.82) is 0 Å². The first-order chi connectivity index (χ1) is 12.9. The number of nitrogens with one attached hydrogen (secondary N) is 1. The van der Waals surface area contributed by atoms with E-state index in [2.05, 4.69) is 5.32 Å². The summed E-state index contributed by atoms with van der Waals surface area (Å²) in [5.74, 6) is 0.258. The van der Waals surface area contributed by atoms with Crippen LogP contribution in [0.1, 0.15) is 36.1 Å². The molecule has 1 fully saturated rings. The second-order valence-electron chi connectivity index (χ2n) is 7.08. The lowest BCUT2D eigenvalue weighted by Crippen LogP contribution is -2.40. The summed E-state index contributed by atoms with van der Waals surface area (Å²) in [7, 11) is -3.46. The second kappa shape index (κ2) is 8.99. The van der Waals surface area contributed by atoms with Crippen molar-refractivity contribution in [2.24, 2.45) is 5.92 Å². The first-order valence-corrected chi connectivity index (χ1v) is 11.6. The Morgan fingerprint density at radius 1 is 1.26 bits per heavy atom. The van der Waals surface area contributed by atoms with Crippen LogP contribution in [0.15, 0.2) is 46.7 Å². The minimum Gasteiger partial charge on any atom is -0.351 e. The van der Waals surface area contributed by atoms with E-state index in [0.29, 0.717) is 31.0 Å². The van der Waals surface area contributed by atoms with Gasteiger partial charge in [-0.15, -0.1) is 11.3 Å². The molecule has 146 valence electrons. The van der Waals surface area contributed by atoms with Gasteiger partial charge >= 0.3 is 0 Å². The van der Waals surface area contributed by atoms with Gasteiger partial charge in [0.15, 0.2) is 0 Å². The highest BCUT2D eigenvalue weighted by molar-refractivity contribution is 7.89. The first kappa shape index (κ1) is 20.0. The molecule has 1 aromatic carbocycles. The van der Waals surface area contributed by atoms with Crippen LogP contribution in [-0.4, -0.2) is 31.7 Å². The molecule has 1 aliphatic rings. The number of sulfonamides is 1. The van der Waals surface area contributed by atoms with E-state index in [1.807, 2.05) is 36.6 Å². The van der Waals surface area contributed by atoms with E-state index in [1.165, 1.54) is 0 Å². The molecule has 1 unspecified atom stereocenters. The fraction of sp³-hybridized carbons (Fsp3) is 0.450. The predicted octanol–water partition coefficient (Wildman–Crippen LogP) is 3.55. The fourth-order valence-electron chi connectivity index (χ4n) is 3.36. The average molecular weight is 407 g/mol. The monoisotopic (exact) mass is 406 g/mol. The maximum Gasteiger partial charge on any atom is 0.243 e. The largest absolute Gasteiger partial charge is 0.351 e. The Morgan fingerprint density at radius 2 is 2.04 bits per heavy atom. The fourth-order valence-corrected chi connectivity index (χ4v) is 5.56. The number of hydrogen-bond donors (Lipinski definition) is 1. The highest BCUT2D eigenvalue weighted by Crippen LogP contribution is 2.26. The molecule has 0 spiro atoms. The highest BCUT2D eigenvalue weighted by Gasteiger charge is 2.30. The van der Waals surface area contributed by atoms with E-state index in [0.717, 1.165) is 29.7 Å². The van der Waals surface area contributed by atoms with Crippen LogP contribution in [-0.2, 0) is 21.4 Å². The highest BCUT2D eigenvalue weighted by atomic mass is 32.2. The van der Waals surface area contributed by atoms with Crippen molar-refractivity contribution >= 4 is 27.3 Å². The molecule has 0 saturated carbocycles. The van der Waals surface area contributed by atoms with E-state index < -0.39 is 10.0 Å². The summed E-state index contributed by atoms with van der Waals surface area (Å²) < 4.78 is 27.3. The number of carbonyl (C=O) groups is 1. The smallest absolute Gasteiger partial charge is 0.243 e. The maximum absolute atomic E-state index is 12.9. The predicted molar refractivity (Wildman–Crippen MR) is 108 cm³/mol. The molecule has 1 atom stereocenters. The van der Waals surface area contributed by atoms with Crippen molar-refractivity contribution < 1.29 is 13.2 Å². The van der Waals surface area contributed by atoms with Crippen LogP contribution in [0.2, 0.25) is 0 Å². The molecule has 27 heavy (non-hydrogen) atoms. The zero-order valence-electron chi connectivity index (χ0n) is 15.6. The zero-order chi connectivity index (χ0) is 19.3. The van der Waals surface area contributed by atoms with Crippen molar-refractivity contribution in [3.05, 3.63) is 52.2 Å². The standard InChI is InChI=1S/C20H26N2O3S2/c1-16-6-9-19(10-7-16)27(24,25)22-12-2-4-17(15-22)8-11-20(23)21-14-18-5-3-13-26-18/h3,5-7,9-10,13,17H,2,4,8,11-12,14-15H2,1H3,(H,21,23). The Hall–Kier alpha value is -1.70. The number of hydrogen-bond acceptors (Lipinski definition) is 4. The molecule has 1 amide bonds. The van der Waals surface area contributed by atoms with Gasteiger partial charge in [-0.05, 0) is 55.7 Å². The number of piperidine rings is 1. The summed E-state index contributed by atoms with van der Waals surface area (Å²) in [6.45, 7) is 3.55. The number of benzene rings is 1. The Morgan fingerprint density at radius 3 is 2.74 bits per heavy atom. The molecular formula is C20H26N2O3S2. The van der Waals surface area contributed by atoms with Gasteiger partial charge in [-0.2, -0.15) is 4.31 Å². The van der Waals surface area contributed by atoms with Crippen molar-refractivity contribution in [3.63, 3.8) is 0 Å². The summed E-state index contributed by atoms with van der Waals surface area (Å²) in [4.78, 5) is 13.6. The van der Waals surface area contributed by atoms with Gasteiger partial charge in [0.1, 0.15) is 0 Å². The van der Waals surface area contributed by atoms with Gasteiger partial charge in [-0.25, -0.2) is 8.42 Å². The molecule has 1 aliphatic heterocycles. The van der Waals surface area contributed by atoms with E-state index >= 15 is 0 Å². The topological polar surface area (TPSA) is 66.5 Å². The summed E-state index contributed by atoms with van der Waals surface area (Å²) in [5.41, 5.74) is 1.04. The lowest BCUT2D eigenvalue weighted by molar-refractivity contribution is -0.121. The second-order valence-corrected chi connectivity index (χ2v) is 10.0. The van der Waals surface area contributed by atoms with E-state index in [9.17, 15) is 13.2 Å². The first-order valence-electron chi connectivity index (χ1n) is 9.31. The van der Waals surface area contributed by atoms with E-state index in [1.54, 1.807) is 27.8 Å². The minimum atomic E-state index is -3.46. The molecule has 5 nitrogen and oxygen atoms in total.